The molecule has 1 aliphatic heterocycles. The van der Waals surface area contributed by atoms with Gasteiger partial charge >= 0.3 is 0 Å². The van der Waals surface area contributed by atoms with Gasteiger partial charge in [0, 0.05) is 17.1 Å². The van der Waals surface area contributed by atoms with Crippen molar-refractivity contribution in [3.63, 3.8) is 0 Å². The Morgan fingerprint density at radius 2 is 2.09 bits per heavy atom. The first-order valence-electron chi connectivity index (χ1n) is 7.62. The summed E-state index contributed by atoms with van der Waals surface area (Å²) in [6, 6.07) is 10.1. The first-order chi connectivity index (χ1) is 11.2. The molecule has 0 unspecified atom stereocenters. The zero-order chi connectivity index (χ0) is 16.2. The molecule has 0 aliphatic carbocycles. The van der Waals surface area contributed by atoms with E-state index in [0.717, 1.165) is 36.2 Å². The normalized spacial score (nSPS) is 17.4. The molecule has 1 heterocycles. The molecule has 0 bridgehead atoms. The minimum Gasteiger partial charge on any atom is -0.496 e. The van der Waals surface area contributed by atoms with E-state index in [-0.39, 0.29) is 11.9 Å². The van der Waals surface area contributed by atoms with E-state index < -0.39 is 0 Å². The second-order valence-corrected chi connectivity index (χ2v) is 6.01. The van der Waals surface area contributed by atoms with Crippen molar-refractivity contribution in [1.82, 2.24) is 5.32 Å². The summed E-state index contributed by atoms with van der Waals surface area (Å²) in [5, 5.41) is 3.86. The van der Waals surface area contributed by atoms with Gasteiger partial charge in [-0.2, -0.15) is 0 Å². The SMILES string of the molecule is COc1ccc(Cl)cc1-c1ccc(F)cc1CO[C@H]1CCNC1. The maximum atomic E-state index is 13.7. The monoisotopic (exact) mass is 335 g/mol. The van der Waals surface area contributed by atoms with Gasteiger partial charge < -0.3 is 14.8 Å². The average molecular weight is 336 g/mol. The maximum absolute atomic E-state index is 13.7. The Hall–Kier alpha value is -1.62. The molecule has 1 atom stereocenters. The molecule has 2 aromatic rings. The Morgan fingerprint density at radius 1 is 1.22 bits per heavy atom. The van der Waals surface area contributed by atoms with E-state index in [1.54, 1.807) is 19.2 Å². The van der Waals surface area contributed by atoms with Crippen LogP contribution in [0.25, 0.3) is 11.1 Å². The predicted molar refractivity (Wildman–Crippen MR) is 89.5 cm³/mol. The third kappa shape index (κ3) is 3.83. The van der Waals surface area contributed by atoms with Crippen LogP contribution in [0, 0.1) is 5.82 Å². The van der Waals surface area contributed by atoms with Crippen molar-refractivity contribution < 1.29 is 13.9 Å². The van der Waals surface area contributed by atoms with E-state index >= 15 is 0 Å². The summed E-state index contributed by atoms with van der Waals surface area (Å²) >= 11 is 6.12. The standard InChI is InChI=1S/C18H19ClFNO2/c1-22-18-5-2-13(19)9-17(18)16-4-3-14(20)8-12(16)11-23-15-6-7-21-10-15/h2-5,8-9,15,21H,6-7,10-11H2,1H3/t15-/m0/s1. The fourth-order valence-electron chi connectivity index (χ4n) is 2.81. The van der Waals surface area contributed by atoms with Crippen molar-refractivity contribution >= 4 is 11.6 Å². The second kappa shape index (κ2) is 7.30. The molecule has 0 saturated carbocycles. The average Bonchev–Trinajstić information content (AvgIpc) is 3.06. The number of benzene rings is 2. The van der Waals surface area contributed by atoms with Crippen LogP contribution in [0.1, 0.15) is 12.0 Å². The summed E-state index contributed by atoms with van der Waals surface area (Å²) in [5.74, 6) is 0.419. The van der Waals surface area contributed by atoms with Gasteiger partial charge in [0.25, 0.3) is 0 Å². The Balaban J connectivity index is 1.93. The highest BCUT2D eigenvalue weighted by molar-refractivity contribution is 6.31. The van der Waals surface area contributed by atoms with E-state index in [1.807, 2.05) is 12.1 Å². The van der Waals surface area contributed by atoms with Crippen LogP contribution in [0.5, 0.6) is 5.75 Å². The zero-order valence-electron chi connectivity index (χ0n) is 12.9. The van der Waals surface area contributed by atoms with Gasteiger partial charge in [0.2, 0.25) is 0 Å². The van der Waals surface area contributed by atoms with Gasteiger partial charge in [0.15, 0.2) is 0 Å². The molecule has 0 amide bonds. The topological polar surface area (TPSA) is 30.5 Å². The molecule has 2 aromatic carbocycles. The van der Waals surface area contributed by atoms with Crippen LogP contribution >= 0.6 is 11.6 Å². The van der Waals surface area contributed by atoms with Crippen LogP contribution in [0.2, 0.25) is 5.02 Å². The fourth-order valence-corrected chi connectivity index (χ4v) is 2.99. The summed E-state index contributed by atoms with van der Waals surface area (Å²) in [5.41, 5.74) is 2.50. The number of hydrogen-bond acceptors (Lipinski definition) is 3. The third-order valence-electron chi connectivity index (χ3n) is 4.01. The van der Waals surface area contributed by atoms with Crippen LogP contribution in [0.3, 0.4) is 0 Å². The second-order valence-electron chi connectivity index (χ2n) is 5.57. The molecule has 23 heavy (non-hydrogen) atoms. The first-order valence-corrected chi connectivity index (χ1v) is 8.00. The van der Waals surface area contributed by atoms with Gasteiger partial charge in [-0.1, -0.05) is 17.7 Å². The Bertz CT molecular complexity index is 687. The molecule has 1 fully saturated rings. The molecular weight excluding hydrogens is 317 g/mol. The van der Waals surface area contributed by atoms with Crippen LogP contribution < -0.4 is 10.1 Å². The van der Waals surface area contributed by atoms with Crippen molar-refractivity contribution in [2.75, 3.05) is 20.2 Å². The first kappa shape index (κ1) is 16.2. The van der Waals surface area contributed by atoms with E-state index in [2.05, 4.69) is 5.32 Å². The van der Waals surface area contributed by atoms with Crippen LogP contribution in [0.4, 0.5) is 4.39 Å². The van der Waals surface area contributed by atoms with Gasteiger partial charge in [-0.05, 0) is 54.4 Å². The zero-order valence-corrected chi connectivity index (χ0v) is 13.7. The van der Waals surface area contributed by atoms with E-state index in [4.69, 9.17) is 21.1 Å². The minimum atomic E-state index is -0.280. The Kier molecular flexibility index (Phi) is 5.16. The van der Waals surface area contributed by atoms with E-state index in [9.17, 15) is 4.39 Å². The maximum Gasteiger partial charge on any atom is 0.126 e. The lowest BCUT2D eigenvalue weighted by atomic mass is 9.99. The number of nitrogens with one attached hydrogen (secondary N) is 1. The van der Waals surface area contributed by atoms with Gasteiger partial charge in [-0.3, -0.25) is 0 Å². The summed E-state index contributed by atoms with van der Waals surface area (Å²) in [4.78, 5) is 0. The molecule has 0 radical (unpaired) electrons. The van der Waals surface area contributed by atoms with Crippen molar-refractivity contribution in [2.24, 2.45) is 0 Å². The summed E-state index contributed by atoms with van der Waals surface area (Å²) in [7, 11) is 1.61. The Morgan fingerprint density at radius 3 is 2.83 bits per heavy atom. The molecule has 3 rings (SSSR count). The number of ether oxygens (including phenoxy) is 2. The fraction of sp³-hybridized carbons (Fsp3) is 0.333. The molecule has 0 aromatic heterocycles. The lowest BCUT2D eigenvalue weighted by molar-refractivity contribution is 0.0543. The lowest BCUT2D eigenvalue weighted by Crippen LogP contribution is -2.16. The largest absolute Gasteiger partial charge is 0.496 e. The van der Waals surface area contributed by atoms with Crippen molar-refractivity contribution in [3.8, 4) is 16.9 Å². The Labute approximate surface area is 140 Å². The van der Waals surface area contributed by atoms with E-state index in [0.29, 0.717) is 17.4 Å². The van der Waals surface area contributed by atoms with E-state index in [1.165, 1.54) is 12.1 Å². The van der Waals surface area contributed by atoms with Crippen molar-refractivity contribution in [2.45, 2.75) is 19.1 Å². The van der Waals surface area contributed by atoms with Crippen LogP contribution in [0.15, 0.2) is 36.4 Å². The highest BCUT2D eigenvalue weighted by Crippen LogP contribution is 2.35. The molecular formula is C18H19ClFNO2. The summed E-state index contributed by atoms with van der Waals surface area (Å²) in [6.07, 6.45) is 1.15. The highest BCUT2D eigenvalue weighted by atomic mass is 35.5. The van der Waals surface area contributed by atoms with Crippen molar-refractivity contribution in [3.05, 3.63) is 52.8 Å². The molecule has 122 valence electrons. The number of halogens is 2. The molecule has 5 heteroatoms. The van der Waals surface area contributed by atoms with Gasteiger partial charge in [-0.25, -0.2) is 4.39 Å². The number of methoxy groups -OCH3 is 1. The minimum absolute atomic E-state index is 0.173. The van der Waals surface area contributed by atoms with Gasteiger partial charge in [0.05, 0.1) is 19.8 Å². The summed E-state index contributed by atoms with van der Waals surface area (Å²) < 4.78 is 25.0. The van der Waals surface area contributed by atoms with Crippen LogP contribution in [-0.4, -0.2) is 26.3 Å². The smallest absolute Gasteiger partial charge is 0.126 e. The van der Waals surface area contributed by atoms with Gasteiger partial charge in [-0.15, -0.1) is 0 Å². The van der Waals surface area contributed by atoms with Crippen molar-refractivity contribution in [1.29, 1.82) is 0 Å². The summed E-state index contributed by atoms with van der Waals surface area (Å²) in [6.45, 7) is 2.16. The number of rotatable bonds is 5. The number of hydrogen-bond donors (Lipinski definition) is 1. The van der Waals surface area contributed by atoms with Crippen LogP contribution in [-0.2, 0) is 11.3 Å². The molecule has 1 aliphatic rings. The predicted octanol–water partition coefficient (Wildman–Crippen LogP) is 4.03. The van der Waals surface area contributed by atoms with Gasteiger partial charge in [0.1, 0.15) is 11.6 Å². The third-order valence-corrected chi connectivity index (χ3v) is 4.24. The molecule has 1 saturated heterocycles. The lowest BCUT2D eigenvalue weighted by Gasteiger charge is -2.16. The highest BCUT2D eigenvalue weighted by Gasteiger charge is 2.17. The quantitative estimate of drug-likeness (QED) is 0.894. The molecule has 0 spiro atoms. The molecule has 1 N–H and O–H groups in total. The molecule has 3 nitrogen and oxygen atoms in total.